The van der Waals surface area contributed by atoms with Crippen LogP contribution in [0.3, 0.4) is 0 Å². The summed E-state index contributed by atoms with van der Waals surface area (Å²) in [6.45, 7) is 1.02. The molecular formula is C17H19ClN2O2. The van der Waals surface area contributed by atoms with Crippen molar-refractivity contribution in [2.45, 2.75) is 13.2 Å². The van der Waals surface area contributed by atoms with Gasteiger partial charge in [0.1, 0.15) is 12.4 Å². The first-order valence-electron chi connectivity index (χ1n) is 6.98. The van der Waals surface area contributed by atoms with Crippen molar-refractivity contribution in [2.24, 2.45) is 5.73 Å². The number of likely N-dealkylation sites (N-methyl/N-ethyl adjacent to an activating group) is 1. The predicted molar refractivity (Wildman–Crippen MR) is 87.8 cm³/mol. The van der Waals surface area contributed by atoms with Crippen molar-refractivity contribution in [2.75, 3.05) is 13.6 Å². The fraction of sp³-hybridized carbons (Fsp3) is 0.235. The van der Waals surface area contributed by atoms with E-state index in [0.717, 1.165) is 16.9 Å². The monoisotopic (exact) mass is 318 g/mol. The number of halogens is 1. The normalized spacial score (nSPS) is 10.3. The molecule has 0 spiro atoms. The van der Waals surface area contributed by atoms with Crippen LogP contribution in [0.5, 0.6) is 5.75 Å². The molecule has 2 aromatic carbocycles. The van der Waals surface area contributed by atoms with Crippen LogP contribution in [0.4, 0.5) is 0 Å². The molecule has 0 aliphatic carbocycles. The van der Waals surface area contributed by atoms with Crippen LogP contribution in [0, 0.1) is 0 Å². The molecule has 0 heterocycles. The number of hydrogen-bond acceptors (Lipinski definition) is 3. The topological polar surface area (TPSA) is 55.6 Å². The Morgan fingerprint density at radius 1 is 1.18 bits per heavy atom. The lowest BCUT2D eigenvalue weighted by Crippen LogP contribution is -2.32. The molecule has 0 saturated heterocycles. The molecule has 0 atom stereocenters. The smallest absolute Gasteiger partial charge is 0.236 e. The molecule has 0 fully saturated rings. The lowest BCUT2D eigenvalue weighted by atomic mass is 10.2. The van der Waals surface area contributed by atoms with Crippen LogP contribution in [0.15, 0.2) is 48.5 Å². The average molecular weight is 319 g/mol. The Balaban J connectivity index is 1.90. The summed E-state index contributed by atoms with van der Waals surface area (Å²) in [6.07, 6.45) is 0. The van der Waals surface area contributed by atoms with Crippen molar-refractivity contribution in [3.63, 3.8) is 0 Å². The van der Waals surface area contributed by atoms with E-state index in [0.29, 0.717) is 18.2 Å². The van der Waals surface area contributed by atoms with Gasteiger partial charge in [-0.15, -0.1) is 0 Å². The number of carbonyl (C=O) groups excluding carboxylic acids is 1. The second kappa shape index (κ2) is 7.82. The summed E-state index contributed by atoms with van der Waals surface area (Å²) in [5.74, 6) is 0.692. The molecule has 0 aromatic heterocycles. The highest BCUT2D eigenvalue weighted by atomic mass is 35.5. The van der Waals surface area contributed by atoms with Gasteiger partial charge in [-0.2, -0.15) is 0 Å². The summed E-state index contributed by atoms with van der Waals surface area (Å²) in [4.78, 5) is 13.0. The van der Waals surface area contributed by atoms with E-state index < -0.39 is 0 Å². The maximum atomic E-state index is 11.4. The zero-order chi connectivity index (χ0) is 15.9. The van der Waals surface area contributed by atoms with Gasteiger partial charge in [0, 0.05) is 18.6 Å². The Hall–Kier alpha value is -2.04. The highest BCUT2D eigenvalue weighted by Gasteiger charge is 2.06. The Kier molecular flexibility index (Phi) is 5.81. The Bertz CT molecular complexity index is 629. The van der Waals surface area contributed by atoms with E-state index in [2.05, 4.69) is 0 Å². The summed E-state index contributed by atoms with van der Waals surface area (Å²) >= 11 is 5.94. The van der Waals surface area contributed by atoms with Crippen LogP contribution in [0.25, 0.3) is 0 Å². The molecule has 4 nitrogen and oxygen atoms in total. The minimum absolute atomic E-state index is 0.0251. The van der Waals surface area contributed by atoms with Crippen LogP contribution in [0.2, 0.25) is 5.02 Å². The van der Waals surface area contributed by atoms with Gasteiger partial charge in [-0.25, -0.2) is 0 Å². The van der Waals surface area contributed by atoms with E-state index >= 15 is 0 Å². The summed E-state index contributed by atoms with van der Waals surface area (Å²) in [7, 11) is 1.73. The third kappa shape index (κ3) is 4.76. The van der Waals surface area contributed by atoms with Crippen molar-refractivity contribution in [3.05, 3.63) is 64.7 Å². The molecule has 0 aliphatic heterocycles. The van der Waals surface area contributed by atoms with Gasteiger partial charge in [-0.3, -0.25) is 4.79 Å². The van der Waals surface area contributed by atoms with Gasteiger partial charge in [0.15, 0.2) is 0 Å². The molecule has 0 aliphatic rings. The van der Waals surface area contributed by atoms with Crippen LogP contribution >= 0.6 is 11.6 Å². The summed E-state index contributed by atoms with van der Waals surface area (Å²) in [6, 6.07) is 15.2. The summed E-state index contributed by atoms with van der Waals surface area (Å²) < 4.78 is 5.72. The number of rotatable bonds is 6. The van der Waals surface area contributed by atoms with Crippen LogP contribution in [-0.2, 0) is 17.9 Å². The third-order valence-corrected chi connectivity index (χ3v) is 3.47. The lowest BCUT2D eigenvalue weighted by molar-refractivity contribution is -0.128. The van der Waals surface area contributed by atoms with Gasteiger partial charge in [-0.05, 0) is 35.4 Å². The number of ether oxygens (including phenoxy) is 1. The van der Waals surface area contributed by atoms with E-state index in [1.807, 2.05) is 48.5 Å². The maximum absolute atomic E-state index is 11.4. The standard InChI is InChI=1S/C17H19ClN2O2/c1-20(17(21)10-19)11-13-5-7-16(8-6-13)22-12-14-3-2-4-15(18)9-14/h2-9H,10-12,19H2,1H3. The molecule has 0 radical (unpaired) electrons. The minimum Gasteiger partial charge on any atom is -0.489 e. The largest absolute Gasteiger partial charge is 0.489 e. The van der Waals surface area contributed by atoms with Crippen LogP contribution < -0.4 is 10.5 Å². The van der Waals surface area contributed by atoms with Crippen molar-refractivity contribution >= 4 is 17.5 Å². The Morgan fingerprint density at radius 3 is 2.55 bits per heavy atom. The number of carbonyl (C=O) groups is 1. The second-order valence-electron chi connectivity index (χ2n) is 5.02. The van der Waals surface area contributed by atoms with E-state index in [9.17, 15) is 4.79 Å². The SMILES string of the molecule is CN(Cc1ccc(OCc2cccc(Cl)c2)cc1)C(=O)CN. The Labute approximate surface area is 135 Å². The molecule has 116 valence electrons. The van der Waals surface area contributed by atoms with E-state index in [-0.39, 0.29) is 12.5 Å². The van der Waals surface area contributed by atoms with Crippen molar-refractivity contribution < 1.29 is 9.53 Å². The van der Waals surface area contributed by atoms with Gasteiger partial charge >= 0.3 is 0 Å². The van der Waals surface area contributed by atoms with E-state index in [4.69, 9.17) is 22.1 Å². The quantitative estimate of drug-likeness (QED) is 0.891. The minimum atomic E-state index is -0.0821. The van der Waals surface area contributed by atoms with Crippen molar-refractivity contribution in [1.82, 2.24) is 4.90 Å². The third-order valence-electron chi connectivity index (χ3n) is 3.24. The van der Waals surface area contributed by atoms with E-state index in [1.54, 1.807) is 11.9 Å². The zero-order valence-corrected chi connectivity index (χ0v) is 13.2. The van der Waals surface area contributed by atoms with Gasteiger partial charge in [0.25, 0.3) is 0 Å². The molecular weight excluding hydrogens is 300 g/mol. The number of nitrogens with zero attached hydrogens (tertiary/aromatic N) is 1. The van der Waals surface area contributed by atoms with Gasteiger partial charge < -0.3 is 15.4 Å². The van der Waals surface area contributed by atoms with E-state index in [1.165, 1.54) is 0 Å². The van der Waals surface area contributed by atoms with Crippen LogP contribution in [0.1, 0.15) is 11.1 Å². The predicted octanol–water partition coefficient (Wildman–Crippen LogP) is 2.84. The molecule has 22 heavy (non-hydrogen) atoms. The number of nitrogens with two attached hydrogens (primary N) is 1. The Morgan fingerprint density at radius 2 is 1.91 bits per heavy atom. The highest BCUT2D eigenvalue weighted by Crippen LogP contribution is 2.17. The molecule has 0 saturated carbocycles. The fourth-order valence-corrected chi connectivity index (χ4v) is 2.22. The average Bonchev–Trinajstić information content (AvgIpc) is 2.53. The first kappa shape index (κ1) is 16.3. The van der Waals surface area contributed by atoms with Gasteiger partial charge in [0.2, 0.25) is 5.91 Å². The molecule has 2 aromatic rings. The molecule has 2 N–H and O–H groups in total. The second-order valence-corrected chi connectivity index (χ2v) is 5.45. The number of hydrogen-bond donors (Lipinski definition) is 1. The summed E-state index contributed by atoms with van der Waals surface area (Å²) in [5, 5.41) is 0.698. The van der Waals surface area contributed by atoms with Crippen LogP contribution in [-0.4, -0.2) is 24.4 Å². The summed E-state index contributed by atoms with van der Waals surface area (Å²) in [5.41, 5.74) is 7.38. The zero-order valence-electron chi connectivity index (χ0n) is 12.5. The number of benzene rings is 2. The maximum Gasteiger partial charge on any atom is 0.236 e. The van der Waals surface area contributed by atoms with Crippen molar-refractivity contribution in [1.29, 1.82) is 0 Å². The number of amides is 1. The highest BCUT2D eigenvalue weighted by molar-refractivity contribution is 6.30. The molecule has 2 rings (SSSR count). The van der Waals surface area contributed by atoms with Crippen molar-refractivity contribution in [3.8, 4) is 5.75 Å². The fourth-order valence-electron chi connectivity index (χ4n) is 2.00. The van der Waals surface area contributed by atoms with Gasteiger partial charge in [-0.1, -0.05) is 35.9 Å². The first-order valence-corrected chi connectivity index (χ1v) is 7.36. The molecule has 1 amide bonds. The molecule has 0 bridgehead atoms. The molecule has 0 unspecified atom stereocenters. The first-order chi connectivity index (χ1) is 10.6. The molecule has 5 heteroatoms. The van der Waals surface area contributed by atoms with Gasteiger partial charge in [0.05, 0.1) is 6.54 Å². The lowest BCUT2D eigenvalue weighted by Gasteiger charge is -2.16.